The van der Waals surface area contributed by atoms with E-state index in [2.05, 4.69) is 25.8 Å². The third-order valence-corrected chi connectivity index (χ3v) is 11.6. The Morgan fingerprint density at radius 3 is 1.14 bits per heavy atom. The van der Waals surface area contributed by atoms with E-state index < -0.39 is 11.9 Å². The van der Waals surface area contributed by atoms with Crippen molar-refractivity contribution in [1.29, 1.82) is 0 Å². The summed E-state index contributed by atoms with van der Waals surface area (Å²) in [7, 11) is 0. The first-order chi connectivity index (χ1) is 32.0. The van der Waals surface area contributed by atoms with E-state index in [0.717, 1.165) is 37.9 Å². The van der Waals surface area contributed by atoms with Crippen LogP contribution >= 0.6 is 0 Å². The second kappa shape index (κ2) is 33.4. The van der Waals surface area contributed by atoms with Crippen LogP contribution in [0.4, 0.5) is 5.69 Å². The second-order valence-electron chi connectivity index (χ2n) is 17.2. The Bertz CT molecular complexity index is 1890. The maximum Gasteiger partial charge on any atom is 0.343 e. The van der Waals surface area contributed by atoms with Crippen molar-refractivity contribution in [3.63, 3.8) is 0 Å². The number of ether oxygens (including phenoxy) is 5. The lowest BCUT2D eigenvalue weighted by atomic mass is 10.1. The molecule has 354 valence electrons. The van der Waals surface area contributed by atoms with Gasteiger partial charge in [-0.25, -0.2) is 9.59 Å². The number of unbranched alkanes of at least 4 members (excludes halogenated alkanes) is 21. The van der Waals surface area contributed by atoms with Gasteiger partial charge in [0.15, 0.2) is 0 Å². The summed E-state index contributed by atoms with van der Waals surface area (Å²) in [5.74, 6) is 1.56. The molecule has 0 spiro atoms. The predicted octanol–water partition coefficient (Wildman–Crippen LogP) is 16.4. The smallest absolute Gasteiger partial charge is 0.343 e. The zero-order chi connectivity index (χ0) is 46.0. The number of carbonyl (C=O) groups is 2. The van der Waals surface area contributed by atoms with E-state index in [1.54, 1.807) is 72.9 Å². The summed E-state index contributed by atoms with van der Waals surface area (Å²) in [5, 5.41) is 0. The molecular weight excluding hydrogens is 811 g/mol. The van der Waals surface area contributed by atoms with E-state index >= 15 is 0 Å². The number of esters is 2. The Labute approximate surface area is 391 Å². The average Bonchev–Trinajstić information content (AvgIpc) is 3.33. The van der Waals surface area contributed by atoms with Crippen LogP contribution in [0.1, 0.15) is 201 Å². The molecule has 4 aromatic rings. The van der Waals surface area contributed by atoms with E-state index in [0.29, 0.717) is 53.7 Å². The number of carbonyl (C=O) groups excluding carboxylic acids is 2. The van der Waals surface area contributed by atoms with Gasteiger partial charge in [0.25, 0.3) is 0 Å². The van der Waals surface area contributed by atoms with Crippen molar-refractivity contribution in [3.8, 4) is 28.7 Å². The van der Waals surface area contributed by atoms with Gasteiger partial charge in [-0.1, -0.05) is 156 Å². The molecule has 0 amide bonds. The summed E-state index contributed by atoms with van der Waals surface area (Å²) in [6.45, 7) is 8.70. The Kier molecular flexibility index (Phi) is 27.0. The van der Waals surface area contributed by atoms with Gasteiger partial charge in [0.1, 0.15) is 28.7 Å². The summed E-state index contributed by atoms with van der Waals surface area (Å²) >= 11 is 0. The summed E-state index contributed by atoms with van der Waals surface area (Å²) < 4.78 is 29.6. The van der Waals surface area contributed by atoms with Gasteiger partial charge in [-0.05, 0) is 104 Å². The molecular formula is C57H79NO7. The molecule has 0 atom stereocenters. The minimum atomic E-state index is -0.557. The first-order valence-electron chi connectivity index (χ1n) is 25.3. The number of hydrogen-bond acceptors (Lipinski definition) is 8. The summed E-state index contributed by atoms with van der Waals surface area (Å²) in [6.07, 6.45) is 31.5. The minimum absolute atomic E-state index is 0.203. The molecule has 0 saturated heterocycles. The third kappa shape index (κ3) is 22.6. The Balaban J connectivity index is 1.34. The van der Waals surface area contributed by atoms with Gasteiger partial charge in [-0.15, -0.1) is 0 Å². The zero-order valence-corrected chi connectivity index (χ0v) is 40.1. The van der Waals surface area contributed by atoms with Crippen molar-refractivity contribution < 1.29 is 33.3 Å². The van der Waals surface area contributed by atoms with Gasteiger partial charge >= 0.3 is 11.9 Å². The third-order valence-electron chi connectivity index (χ3n) is 11.6. The van der Waals surface area contributed by atoms with Crippen LogP contribution in [0.2, 0.25) is 0 Å². The number of hydrogen-bond donors (Lipinski definition) is 0. The lowest BCUT2D eigenvalue weighted by Crippen LogP contribution is -2.11. The quantitative estimate of drug-likeness (QED) is 0.0194. The fraction of sp³-hybridized carbons (Fsp3) is 0.526. The van der Waals surface area contributed by atoms with Crippen molar-refractivity contribution >= 4 is 23.8 Å². The molecule has 4 aromatic carbocycles. The Morgan fingerprint density at radius 1 is 0.400 bits per heavy atom. The van der Waals surface area contributed by atoms with Gasteiger partial charge in [0, 0.05) is 17.8 Å². The van der Waals surface area contributed by atoms with E-state index in [9.17, 15) is 9.59 Å². The lowest BCUT2D eigenvalue weighted by Gasteiger charge is -2.12. The molecule has 0 N–H and O–H groups in total. The molecule has 0 saturated carbocycles. The second-order valence-corrected chi connectivity index (χ2v) is 17.2. The SMILES string of the molecule is CCCCCCCCCCOc1ccc(N=Cc2ccc(OC(=O)c3ccc(OCCCCCCCCCC)cc3)cc2OC(=O)c2ccc(OCCCCCCCCCC)cc2)cc1. The van der Waals surface area contributed by atoms with Gasteiger partial charge in [0.2, 0.25) is 0 Å². The highest BCUT2D eigenvalue weighted by atomic mass is 16.5. The first-order valence-corrected chi connectivity index (χ1v) is 25.3. The van der Waals surface area contributed by atoms with Gasteiger partial charge in [-0.2, -0.15) is 0 Å². The van der Waals surface area contributed by atoms with Crippen LogP contribution in [-0.2, 0) is 0 Å². The summed E-state index contributed by atoms with van der Waals surface area (Å²) in [5.41, 5.74) is 1.99. The molecule has 65 heavy (non-hydrogen) atoms. The normalized spacial score (nSPS) is 11.2. The van der Waals surface area contributed by atoms with Crippen LogP contribution in [0.5, 0.6) is 28.7 Å². The molecule has 8 nitrogen and oxygen atoms in total. The predicted molar refractivity (Wildman–Crippen MR) is 267 cm³/mol. The molecule has 0 aliphatic heterocycles. The minimum Gasteiger partial charge on any atom is -0.494 e. The van der Waals surface area contributed by atoms with Gasteiger partial charge in [-0.3, -0.25) is 4.99 Å². The fourth-order valence-electron chi connectivity index (χ4n) is 7.52. The highest BCUT2D eigenvalue weighted by Gasteiger charge is 2.16. The van der Waals surface area contributed by atoms with Crippen LogP contribution in [0.3, 0.4) is 0 Å². The monoisotopic (exact) mass is 890 g/mol. The van der Waals surface area contributed by atoms with Crippen molar-refractivity contribution in [3.05, 3.63) is 108 Å². The van der Waals surface area contributed by atoms with Crippen molar-refractivity contribution in [1.82, 2.24) is 0 Å². The molecule has 0 aromatic heterocycles. The standard InChI is InChI=1S/C57H79NO7/c1-4-7-10-13-16-19-22-25-42-61-51-35-28-47(29-36-51)56(59)64-54-39-32-49(46-58-50-33-40-53(41-34-50)63-44-27-24-21-18-15-12-9-6-3)55(45-54)65-57(60)48-30-37-52(38-31-48)62-43-26-23-20-17-14-11-8-5-2/h28-41,45-46H,4-27,42-44H2,1-3H3. The van der Waals surface area contributed by atoms with Crippen LogP contribution in [0, 0.1) is 0 Å². The first kappa shape index (κ1) is 52.5. The van der Waals surface area contributed by atoms with Crippen LogP contribution in [-0.4, -0.2) is 38.0 Å². The Morgan fingerprint density at radius 2 is 0.738 bits per heavy atom. The number of nitrogens with zero attached hydrogens (tertiary/aromatic N) is 1. The summed E-state index contributed by atoms with van der Waals surface area (Å²) in [6, 6.07) is 26.5. The van der Waals surface area contributed by atoms with Crippen molar-refractivity contribution in [2.24, 2.45) is 4.99 Å². The fourth-order valence-corrected chi connectivity index (χ4v) is 7.52. The highest BCUT2D eigenvalue weighted by molar-refractivity contribution is 5.94. The van der Waals surface area contributed by atoms with E-state index in [1.807, 2.05) is 24.3 Å². The maximum atomic E-state index is 13.5. The molecule has 0 radical (unpaired) electrons. The molecule has 0 bridgehead atoms. The lowest BCUT2D eigenvalue weighted by molar-refractivity contribution is 0.0732. The molecule has 0 aliphatic rings. The topological polar surface area (TPSA) is 92.7 Å². The average molecular weight is 890 g/mol. The van der Waals surface area contributed by atoms with E-state index in [4.69, 9.17) is 23.7 Å². The van der Waals surface area contributed by atoms with Gasteiger partial charge in [0.05, 0.1) is 36.6 Å². The van der Waals surface area contributed by atoms with Crippen molar-refractivity contribution in [2.75, 3.05) is 19.8 Å². The zero-order valence-electron chi connectivity index (χ0n) is 40.1. The molecule has 0 fully saturated rings. The van der Waals surface area contributed by atoms with Crippen molar-refractivity contribution in [2.45, 2.75) is 175 Å². The van der Waals surface area contributed by atoms with Crippen LogP contribution < -0.4 is 23.7 Å². The molecule has 0 aliphatic carbocycles. The summed E-state index contributed by atoms with van der Waals surface area (Å²) in [4.78, 5) is 31.5. The molecule has 4 rings (SSSR count). The van der Waals surface area contributed by atoms with Crippen LogP contribution in [0.25, 0.3) is 0 Å². The highest BCUT2D eigenvalue weighted by Crippen LogP contribution is 2.28. The van der Waals surface area contributed by atoms with E-state index in [-0.39, 0.29) is 11.5 Å². The number of benzene rings is 4. The number of aliphatic imine (C=N–C) groups is 1. The number of rotatable bonds is 36. The molecule has 0 unspecified atom stereocenters. The van der Waals surface area contributed by atoms with Gasteiger partial charge < -0.3 is 23.7 Å². The van der Waals surface area contributed by atoms with Crippen LogP contribution in [0.15, 0.2) is 96.0 Å². The largest absolute Gasteiger partial charge is 0.494 e. The van der Waals surface area contributed by atoms with E-state index in [1.165, 1.54) is 122 Å². The Hall–Kier alpha value is -5.11. The molecule has 0 heterocycles. The molecule has 8 heteroatoms. The maximum absolute atomic E-state index is 13.5.